The maximum absolute atomic E-state index is 12.1. The van der Waals surface area contributed by atoms with Gasteiger partial charge in [-0.2, -0.15) is 0 Å². The number of hydrogen-bond acceptors (Lipinski definition) is 5. The zero-order valence-electron chi connectivity index (χ0n) is 13.4. The Hall–Kier alpha value is -1.11. The van der Waals surface area contributed by atoms with Crippen molar-refractivity contribution in [3.05, 3.63) is 0 Å². The minimum Gasteiger partial charge on any atom is -0.480 e. The van der Waals surface area contributed by atoms with Crippen LogP contribution in [0.5, 0.6) is 0 Å². The minimum atomic E-state index is -3.42. The summed E-state index contributed by atoms with van der Waals surface area (Å²) in [5.74, 6) is -2.60. The standard InChI is InChI=1S/C14H26O6S/c1-6-20-13(17)14(12(15)16,9-10(2)3)7-8-21(18,19)11(4)5/h10-11H,6-9H2,1-5H3,(H,15,16). The Kier molecular flexibility index (Phi) is 7.36. The third kappa shape index (κ3) is 5.30. The van der Waals surface area contributed by atoms with Crippen molar-refractivity contribution < 1.29 is 27.9 Å². The maximum atomic E-state index is 12.1. The lowest BCUT2D eigenvalue weighted by atomic mass is 9.78. The number of aliphatic carboxylic acids is 1. The number of rotatable bonds is 9. The number of carbonyl (C=O) groups excluding carboxylic acids is 1. The highest BCUT2D eigenvalue weighted by atomic mass is 32.2. The molecule has 0 spiro atoms. The monoisotopic (exact) mass is 322 g/mol. The quantitative estimate of drug-likeness (QED) is 0.514. The number of hydrogen-bond donors (Lipinski definition) is 1. The Morgan fingerprint density at radius 2 is 1.71 bits per heavy atom. The fourth-order valence-corrected chi connectivity index (χ4v) is 3.19. The van der Waals surface area contributed by atoms with Crippen molar-refractivity contribution in [3.8, 4) is 0 Å². The highest BCUT2D eigenvalue weighted by molar-refractivity contribution is 7.91. The molecule has 0 radical (unpaired) electrons. The highest BCUT2D eigenvalue weighted by Gasteiger charge is 2.48. The molecule has 6 nitrogen and oxygen atoms in total. The third-order valence-electron chi connectivity index (χ3n) is 3.36. The molecular formula is C14H26O6S. The van der Waals surface area contributed by atoms with Crippen molar-refractivity contribution >= 4 is 21.8 Å². The molecule has 0 amide bonds. The number of carboxylic acids is 1. The molecule has 124 valence electrons. The van der Waals surface area contributed by atoms with Gasteiger partial charge in [-0.05, 0) is 39.5 Å². The minimum absolute atomic E-state index is 0.0504. The van der Waals surface area contributed by atoms with Gasteiger partial charge >= 0.3 is 11.9 Å². The average molecular weight is 322 g/mol. The van der Waals surface area contributed by atoms with Crippen molar-refractivity contribution in [2.75, 3.05) is 12.4 Å². The normalized spacial score (nSPS) is 15.0. The summed E-state index contributed by atoms with van der Waals surface area (Å²) in [5, 5.41) is 8.90. The maximum Gasteiger partial charge on any atom is 0.323 e. The molecule has 0 aliphatic heterocycles. The molecule has 21 heavy (non-hydrogen) atoms. The van der Waals surface area contributed by atoms with Gasteiger partial charge in [-0.25, -0.2) is 8.42 Å². The van der Waals surface area contributed by atoms with Gasteiger partial charge in [-0.3, -0.25) is 9.59 Å². The molecule has 1 N–H and O–H groups in total. The predicted octanol–water partition coefficient (Wildman–Crippen LogP) is 1.88. The molecule has 0 fully saturated rings. The predicted molar refractivity (Wildman–Crippen MR) is 79.7 cm³/mol. The lowest BCUT2D eigenvalue weighted by Crippen LogP contribution is -2.43. The lowest BCUT2D eigenvalue weighted by Gasteiger charge is -2.29. The van der Waals surface area contributed by atoms with Crippen LogP contribution in [-0.2, 0) is 24.2 Å². The van der Waals surface area contributed by atoms with Crippen molar-refractivity contribution in [1.82, 2.24) is 0 Å². The van der Waals surface area contributed by atoms with Gasteiger partial charge in [-0.15, -0.1) is 0 Å². The van der Waals surface area contributed by atoms with Crippen LogP contribution in [0.4, 0.5) is 0 Å². The van der Waals surface area contributed by atoms with E-state index in [9.17, 15) is 23.1 Å². The van der Waals surface area contributed by atoms with Gasteiger partial charge in [0.2, 0.25) is 0 Å². The number of esters is 1. The summed E-state index contributed by atoms with van der Waals surface area (Å²) in [4.78, 5) is 23.8. The van der Waals surface area contributed by atoms with Crippen LogP contribution >= 0.6 is 0 Å². The van der Waals surface area contributed by atoms with Gasteiger partial charge in [0.05, 0.1) is 17.6 Å². The molecule has 0 aromatic rings. The fourth-order valence-electron chi connectivity index (χ4n) is 2.09. The van der Waals surface area contributed by atoms with Gasteiger partial charge in [-0.1, -0.05) is 13.8 Å². The molecule has 0 aliphatic carbocycles. The Morgan fingerprint density at radius 1 is 1.19 bits per heavy atom. The third-order valence-corrected chi connectivity index (χ3v) is 5.57. The van der Waals surface area contributed by atoms with E-state index in [4.69, 9.17) is 4.74 Å². The number of ether oxygens (including phenoxy) is 1. The van der Waals surface area contributed by atoms with E-state index in [0.29, 0.717) is 0 Å². The van der Waals surface area contributed by atoms with Crippen LogP contribution in [0.2, 0.25) is 0 Å². The van der Waals surface area contributed by atoms with E-state index < -0.39 is 32.4 Å². The van der Waals surface area contributed by atoms with E-state index in [0.717, 1.165) is 0 Å². The zero-order chi connectivity index (χ0) is 16.8. The Labute approximate surface area is 126 Å². The first-order valence-electron chi connectivity index (χ1n) is 7.11. The summed E-state index contributed by atoms with van der Waals surface area (Å²) in [5.41, 5.74) is -1.80. The van der Waals surface area contributed by atoms with E-state index >= 15 is 0 Å². The van der Waals surface area contributed by atoms with E-state index in [1.807, 2.05) is 0 Å². The molecule has 1 atom stereocenters. The number of carboxylic acid groups (broad SMARTS) is 1. The second-order valence-electron chi connectivity index (χ2n) is 5.87. The molecule has 1 unspecified atom stereocenters. The molecule has 0 saturated carbocycles. The van der Waals surface area contributed by atoms with Crippen LogP contribution in [0.25, 0.3) is 0 Å². The first kappa shape index (κ1) is 19.9. The van der Waals surface area contributed by atoms with Gasteiger partial charge in [0.1, 0.15) is 0 Å². The van der Waals surface area contributed by atoms with Gasteiger partial charge in [0, 0.05) is 0 Å². The Morgan fingerprint density at radius 3 is 2.05 bits per heavy atom. The van der Waals surface area contributed by atoms with Gasteiger partial charge < -0.3 is 9.84 Å². The molecule has 0 aromatic carbocycles. The van der Waals surface area contributed by atoms with Crippen molar-refractivity contribution in [2.45, 2.75) is 52.7 Å². The molecular weight excluding hydrogens is 296 g/mol. The zero-order valence-corrected chi connectivity index (χ0v) is 14.2. The van der Waals surface area contributed by atoms with Gasteiger partial charge in [0.25, 0.3) is 0 Å². The smallest absolute Gasteiger partial charge is 0.323 e. The van der Waals surface area contributed by atoms with Gasteiger partial charge in [0.15, 0.2) is 15.3 Å². The Balaban J connectivity index is 5.48. The molecule has 0 saturated heterocycles. The number of carbonyl (C=O) groups is 2. The summed E-state index contributed by atoms with van der Waals surface area (Å²) in [6, 6.07) is 0. The SMILES string of the molecule is CCOC(=O)C(CCS(=O)(=O)C(C)C)(CC(C)C)C(=O)O. The van der Waals surface area contributed by atoms with Crippen LogP contribution in [0.1, 0.15) is 47.5 Å². The van der Waals surface area contributed by atoms with Crippen molar-refractivity contribution in [1.29, 1.82) is 0 Å². The van der Waals surface area contributed by atoms with Crippen LogP contribution in [-0.4, -0.2) is 43.1 Å². The van der Waals surface area contributed by atoms with E-state index in [1.165, 1.54) is 13.8 Å². The van der Waals surface area contributed by atoms with Crippen molar-refractivity contribution in [2.24, 2.45) is 11.3 Å². The summed E-state index contributed by atoms with van der Waals surface area (Å²) < 4.78 is 28.7. The van der Waals surface area contributed by atoms with Crippen LogP contribution < -0.4 is 0 Å². The molecule has 0 aromatic heterocycles. The highest BCUT2D eigenvalue weighted by Crippen LogP contribution is 2.33. The molecule has 7 heteroatoms. The van der Waals surface area contributed by atoms with Crippen LogP contribution in [0, 0.1) is 11.3 Å². The second-order valence-corrected chi connectivity index (χ2v) is 8.55. The first-order valence-corrected chi connectivity index (χ1v) is 8.83. The molecule has 0 bridgehead atoms. The van der Waals surface area contributed by atoms with Crippen LogP contribution in [0.3, 0.4) is 0 Å². The summed E-state index contributed by atoms with van der Waals surface area (Å²) in [7, 11) is -3.42. The van der Waals surface area contributed by atoms with Crippen molar-refractivity contribution in [3.63, 3.8) is 0 Å². The molecule has 0 aliphatic rings. The first-order chi connectivity index (χ1) is 9.49. The topological polar surface area (TPSA) is 97.7 Å². The Bertz CT molecular complexity index is 466. The summed E-state index contributed by atoms with van der Waals surface area (Å²) in [6.07, 6.45) is -0.214. The van der Waals surface area contributed by atoms with E-state index in [-0.39, 0.29) is 31.1 Å². The fraction of sp³-hybridized carbons (Fsp3) is 0.857. The largest absolute Gasteiger partial charge is 0.480 e. The van der Waals surface area contributed by atoms with Crippen LogP contribution in [0.15, 0.2) is 0 Å². The lowest BCUT2D eigenvalue weighted by molar-refractivity contribution is -0.170. The number of sulfone groups is 1. The molecule has 0 rings (SSSR count). The molecule has 0 heterocycles. The van der Waals surface area contributed by atoms with E-state index in [2.05, 4.69) is 0 Å². The average Bonchev–Trinajstić information content (AvgIpc) is 2.33. The summed E-state index contributed by atoms with van der Waals surface area (Å²) >= 11 is 0. The van der Waals surface area contributed by atoms with E-state index in [1.54, 1.807) is 20.8 Å². The summed E-state index contributed by atoms with van der Waals surface area (Å²) in [6.45, 7) is 8.28. The second kappa shape index (κ2) is 7.77.